The fraction of sp³-hybridized carbons (Fsp3) is 0.294. The zero-order valence-corrected chi connectivity index (χ0v) is 12.9. The number of hydrogen-bond acceptors (Lipinski definition) is 5. The number of piperazine rings is 1. The van der Waals surface area contributed by atoms with Crippen molar-refractivity contribution in [1.29, 1.82) is 0 Å². The molecule has 1 aliphatic rings. The van der Waals surface area contributed by atoms with Crippen molar-refractivity contribution >= 4 is 11.6 Å². The second kappa shape index (κ2) is 6.56. The van der Waals surface area contributed by atoms with E-state index in [1.54, 1.807) is 12.0 Å². The summed E-state index contributed by atoms with van der Waals surface area (Å²) >= 11 is 0. The Morgan fingerprint density at radius 1 is 1.04 bits per heavy atom. The van der Waals surface area contributed by atoms with Crippen LogP contribution in [-0.2, 0) is 0 Å². The van der Waals surface area contributed by atoms with Gasteiger partial charge < -0.3 is 19.0 Å². The Bertz CT molecular complexity index is 711. The largest absolute Gasteiger partial charge is 0.497 e. The van der Waals surface area contributed by atoms with E-state index in [0.29, 0.717) is 18.7 Å². The normalized spacial score (nSPS) is 14.7. The number of ether oxygens (including phenoxy) is 1. The summed E-state index contributed by atoms with van der Waals surface area (Å²) in [7, 11) is 1.64. The van der Waals surface area contributed by atoms with E-state index in [1.807, 2.05) is 24.3 Å². The van der Waals surface area contributed by atoms with Crippen LogP contribution in [0.3, 0.4) is 0 Å². The van der Waals surface area contributed by atoms with Crippen LogP contribution in [0.4, 0.5) is 5.69 Å². The van der Waals surface area contributed by atoms with Gasteiger partial charge in [-0.3, -0.25) is 4.79 Å². The zero-order chi connectivity index (χ0) is 16.2. The van der Waals surface area contributed by atoms with Gasteiger partial charge in [0.25, 0.3) is 5.91 Å². The number of benzene rings is 1. The number of anilines is 1. The van der Waals surface area contributed by atoms with Gasteiger partial charge >= 0.3 is 5.63 Å². The van der Waals surface area contributed by atoms with Crippen LogP contribution in [0, 0.1) is 0 Å². The molecule has 1 fully saturated rings. The van der Waals surface area contributed by atoms with Crippen LogP contribution in [0.5, 0.6) is 5.75 Å². The number of carbonyl (C=O) groups is 1. The quantitative estimate of drug-likeness (QED) is 0.861. The highest BCUT2D eigenvalue weighted by Crippen LogP contribution is 2.20. The Hall–Kier alpha value is -2.76. The molecule has 0 radical (unpaired) electrons. The SMILES string of the molecule is COc1ccc(N2CCN(C(=O)c3ccc(=O)oc3)CC2)cc1. The molecule has 1 saturated heterocycles. The zero-order valence-electron chi connectivity index (χ0n) is 12.9. The molecule has 1 aliphatic heterocycles. The molecule has 1 amide bonds. The van der Waals surface area contributed by atoms with Gasteiger partial charge in [-0.25, -0.2) is 4.79 Å². The van der Waals surface area contributed by atoms with Crippen molar-refractivity contribution in [3.63, 3.8) is 0 Å². The highest BCUT2D eigenvalue weighted by Gasteiger charge is 2.22. The number of hydrogen-bond donors (Lipinski definition) is 0. The maximum atomic E-state index is 12.4. The third kappa shape index (κ3) is 3.36. The first-order chi connectivity index (χ1) is 11.2. The van der Waals surface area contributed by atoms with Gasteiger partial charge in [0.05, 0.1) is 12.7 Å². The van der Waals surface area contributed by atoms with Crippen molar-refractivity contribution < 1.29 is 13.9 Å². The third-order valence-electron chi connectivity index (χ3n) is 3.95. The van der Waals surface area contributed by atoms with Crippen LogP contribution in [0.1, 0.15) is 10.4 Å². The summed E-state index contributed by atoms with van der Waals surface area (Å²) in [5.74, 6) is 0.719. The van der Waals surface area contributed by atoms with Crippen molar-refractivity contribution in [3.05, 3.63) is 58.6 Å². The molecule has 23 heavy (non-hydrogen) atoms. The lowest BCUT2D eigenvalue weighted by molar-refractivity contribution is 0.0744. The number of amides is 1. The average molecular weight is 314 g/mol. The van der Waals surface area contributed by atoms with Crippen LogP contribution in [0.25, 0.3) is 0 Å². The van der Waals surface area contributed by atoms with Crippen LogP contribution in [0.15, 0.2) is 51.9 Å². The van der Waals surface area contributed by atoms with Gasteiger partial charge in [0, 0.05) is 37.9 Å². The lowest BCUT2D eigenvalue weighted by atomic mass is 10.2. The van der Waals surface area contributed by atoms with Gasteiger partial charge in [-0.15, -0.1) is 0 Å². The summed E-state index contributed by atoms with van der Waals surface area (Å²) in [6.07, 6.45) is 1.22. The lowest BCUT2D eigenvalue weighted by Gasteiger charge is -2.36. The van der Waals surface area contributed by atoms with Crippen molar-refractivity contribution in [2.75, 3.05) is 38.2 Å². The Morgan fingerprint density at radius 2 is 1.74 bits per heavy atom. The molecule has 6 nitrogen and oxygen atoms in total. The van der Waals surface area contributed by atoms with E-state index < -0.39 is 5.63 Å². The second-order valence-corrected chi connectivity index (χ2v) is 5.32. The number of rotatable bonds is 3. The van der Waals surface area contributed by atoms with E-state index in [9.17, 15) is 9.59 Å². The molecule has 0 spiro atoms. The Balaban J connectivity index is 1.62. The van der Waals surface area contributed by atoms with Crippen LogP contribution in [0.2, 0.25) is 0 Å². The highest BCUT2D eigenvalue weighted by atomic mass is 16.5. The van der Waals surface area contributed by atoms with Crippen molar-refractivity contribution in [1.82, 2.24) is 4.90 Å². The predicted molar refractivity (Wildman–Crippen MR) is 86.1 cm³/mol. The minimum absolute atomic E-state index is 0.108. The first-order valence-electron chi connectivity index (χ1n) is 7.44. The van der Waals surface area contributed by atoms with E-state index in [0.717, 1.165) is 24.5 Å². The molecule has 1 aromatic heterocycles. The topological polar surface area (TPSA) is 63.0 Å². The standard InChI is InChI=1S/C17H18N2O4/c1-22-15-5-3-14(4-6-15)18-8-10-19(11-9-18)17(21)13-2-7-16(20)23-12-13/h2-7,12H,8-11H2,1H3. The maximum Gasteiger partial charge on any atom is 0.335 e. The predicted octanol–water partition coefficient (Wildman–Crippen LogP) is 1.61. The van der Waals surface area contributed by atoms with Crippen LogP contribution in [-0.4, -0.2) is 44.1 Å². The average Bonchev–Trinajstić information content (AvgIpc) is 2.62. The van der Waals surface area contributed by atoms with E-state index in [2.05, 4.69) is 4.90 Å². The molecule has 0 aliphatic carbocycles. The molecule has 0 unspecified atom stereocenters. The van der Waals surface area contributed by atoms with Gasteiger partial charge in [0.15, 0.2) is 0 Å². The molecule has 120 valence electrons. The number of nitrogens with zero attached hydrogens (tertiary/aromatic N) is 2. The van der Waals surface area contributed by atoms with Crippen molar-refractivity contribution in [2.45, 2.75) is 0 Å². The Morgan fingerprint density at radius 3 is 2.30 bits per heavy atom. The Labute approximate surface area is 133 Å². The molecule has 1 aromatic carbocycles. The second-order valence-electron chi connectivity index (χ2n) is 5.32. The van der Waals surface area contributed by atoms with E-state index >= 15 is 0 Å². The maximum absolute atomic E-state index is 12.4. The van der Waals surface area contributed by atoms with E-state index in [4.69, 9.17) is 9.15 Å². The summed E-state index contributed by atoms with van der Waals surface area (Å²) in [5.41, 5.74) is 1.07. The number of methoxy groups -OCH3 is 1. The molecule has 2 heterocycles. The van der Waals surface area contributed by atoms with Gasteiger partial charge in [-0.1, -0.05) is 0 Å². The fourth-order valence-corrected chi connectivity index (χ4v) is 2.62. The molecule has 0 N–H and O–H groups in total. The molecule has 3 rings (SSSR count). The van der Waals surface area contributed by atoms with E-state index in [-0.39, 0.29) is 5.91 Å². The Kier molecular flexibility index (Phi) is 4.32. The monoisotopic (exact) mass is 314 g/mol. The molecular weight excluding hydrogens is 296 g/mol. The molecule has 6 heteroatoms. The fourth-order valence-electron chi connectivity index (χ4n) is 2.62. The summed E-state index contributed by atoms with van der Waals surface area (Å²) in [5, 5.41) is 0. The molecule has 0 saturated carbocycles. The van der Waals surface area contributed by atoms with Crippen LogP contribution < -0.4 is 15.3 Å². The molecule has 2 aromatic rings. The van der Waals surface area contributed by atoms with Gasteiger partial charge in [0.1, 0.15) is 12.0 Å². The summed E-state index contributed by atoms with van der Waals surface area (Å²) < 4.78 is 9.92. The summed E-state index contributed by atoms with van der Waals surface area (Å²) in [6.45, 7) is 2.78. The first-order valence-corrected chi connectivity index (χ1v) is 7.44. The smallest absolute Gasteiger partial charge is 0.335 e. The number of carbonyl (C=O) groups excluding carboxylic acids is 1. The minimum Gasteiger partial charge on any atom is -0.497 e. The van der Waals surface area contributed by atoms with E-state index in [1.165, 1.54) is 18.4 Å². The first kappa shape index (κ1) is 15.1. The van der Waals surface area contributed by atoms with Crippen molar-refractivity contribution in [3.8, 4) is 5.75 Å². The summed E-state index contributed by atoms with van der Waals surface area (Å²) in [4.78, 5) is 27.3. The van der Waals surface area contributed by atoms with Gasteiger partial charge in [0.2, 0.25) is 0 Å². The molecule has 0 atom stereocenters. The highest BCUT2D eigenvalue weighted by molar-refractivity contribution is 5.93. The molecular formula is C17H18N2O4. The van der Waals surface area contributed by atoms with Gasteiger partial charge in [-0.2, -0.15) is 0 Å². The van der Waals surface area contributed by atoms with Crippen molar-refractivity contribution in [2.24, 2.45) is 0 Å². The summed E-state index contributed by atoms with van der Waals surface area (Å²) in [6, 6.07) is 10.7. The minimum atomic E-state index is -0.453. The van der Waals surface area contributed by atoms with Gasteiger partial charge in [-0.05, 0) is 30.3 Å². The third-order valence-corrected chi connectivity index (χ3v) is 3.95. The lowest BCUT2D eigenvalue weighted by Crippen LogP contribution is -2.48. The molecule has 0 bridgehead atoms. The van der Waals surface area contributed by atoms with Crippen LogP contribution >= 0.6 is 0 Å².